The molecule has 0 saturated carbocycles. The number of amides is 3. The van der Waals surface area contributed by atoms with E-state index in [9.17, 15) is 14.4 Å². The molecule has 1 atom stereocenters. The smallest absolute Gasteiger partial charge is 0.292 e. The lowest BCUT2D eigenvalue weighted by Gasteiger charge is -2.32. The monoisotopic (exact) mass is 251 g/mol. The Balaban J connectivity index is 2.30. The van der Waals surface area contributed by atoms with E-state index in [1.807, 2.05) is 0 Å². The van der Waals surface area contributed by atoms with Crippen molar-refractivity contribution in [3.8, 4) is 0 Å². The zero-order chi connectivity index (χ0) is 13.3. The number of nitrogens with one attached hydrogen (secondary N) is 1. The molecule has 7 heteroatoms. The molecule has 1 aliphatic rings. The second-order valence-corrected chi connectivity index (χ2v) is 4.04. The molecule has 0 radical (unpaired) electrons. The van der Waals surface area contributed by atoms with Crippen molar-refractivity contribution in [2.24, 2.45) is 0 Å². The largest absolute Gasteiger partial charge is 0.438 e. The van der Waals surface area contributed by atoms with Gasteiger partial charge in [-0.1, -0.05) is 6.92 Å². The van der Waals surface area contributed by atoms with Crippen LogP contribution in [-0.4, -0.2) is 40.2 Å². The van der Waals surface area contributed by atoms with Gasteiger partial charge in [-0.15, -0.1) is 0 Å². The first-order valence-electron chi connectivity index (χ1n) is 5.59. The van der Waals surface area contributed by atoms with Crippen molar-refractivity contribution >= 4 is 17.7 Å². The van der Waals surface area contributed by atoms with Gasteiger partial charge in [0.2, 0.25) is 17.6 Å². The fourth-order valence-corrected chi connectivity index (χ4v) is 1.92. The molecule has 2 rings (SSSR count). The molecule has 1 unspecified atom stereocenters. The number of oxazole rings is 1. The van der Waals surface area contributed by atoms with Crippen molar-refractivity contribution in [3.63, 3.8) is 0 Å². The summed E-state index contributed by atoms with van der Waals surface area (Å²) in [4.78, 5) is 40.2. The second-order valence-electron chi connectivity index (χ2n) is 4.04. The van der Waals surface area contributed by atoms with Gasteiger partial charge in [0, 0.05) is 0 Å². The van der Waals surface area contributed by atoms with E-state index in [2.05, 4.69) is 10.3 Å². The van der Waals surface area contributed by atoms with Gasteiger partial charge in [0.15, 0.2) is 6.39 Å². The highest BCUT2D eigenvalue weighted by molar-refractivity contribution is 6.06. The van der Waals surface area contributed by atoms with Crippen molar-refractivity contribution in [1.29, 1.82) is 0 Å². The first-order chi connectivity index (χ1) is 8.54. The summed E-state index contributed by atoms with van der Waals surface area (Å²) in [6, 6.07) is -0.653. The fraction of sp³-hybridized carbons (Fsp3) is 0.455. The average molecular weight is 251 g/mol. The minimum atomic E-state index is -0.653. The van der Waals surface area contributed by atoms with Gasteiger partial charge in [-0.05, 0) is 13.3 Å². The molecule has 1 aliphatic heterocycles. The molecule has 2 heterocycles. The van der Waals surface area contributed by atoms with E-state index in [4.69, 9.17) is 4.42 Å². The number of carbonyl (C=O) groups is 3. The number of hydrogen-bond donors (Lipinski definition) is 1. The third kappa shape index (κ3) is 1.99. The number of hydrogen-bond acceptors (Lipinski definition) is 5. The Hall–Kier alpha value is -2.18. The topological polar surface area (TPSA) is 92.5 Å². The molecule has 1 N–H and O–H groups in total. The molecule has 1 saturated heterocycles. The summed E-state index contributed by atoms with van der Waals surface area (Å²) in [7, 11) is 0. The Labute approximate surface area is 103 Å². The van der Waals surface area contributed by atoms with Crippen LogP contribution in [-0.2, 0) is 9.59 Å². The van der Waals surface area contributed by atoms with Gasteiger partial charge >= 0.3 is 0 Å². The van der Waals surface area contributed by atoms with Crippen LogP contribution >= 0.6 is 0 Å². The second kappa shape index (κ2) is 4.59. The third-order valence-corrected chi connectivity index (χ3v) is 2.84. The van der Waals surface area contributed by atoms with Gasteiger partial charge < -0.3 is 9.32 Å². The number of aromatic nitrogens is 1. The Kier molecular flexibility index (Phi) is 3.14. The van der Waals surface area contributed by atoms with E-state index in [1.54, 1.807) is 13.8 Å². The molecule has 0 bridgehead atoms. The van der Waals surface area contributed by atoms with Crippen LogP contribution in [0.3, 0.4) is 0 Å². The molecule has 18 heavy (non-hydrogen) atoms. The fourth-order valence-electron chi connectivity index (χ4n) is 1.92. The lowest BCUT2D eigenvalue weighted by atomic mass is 10.1. The summed E-state index contributed by atoms with van der Waals surface area (Å²) < 4.78 is 5.00. The molecular formula is C11H13N3O4. The number of rotatable bonds is 2. The van der Waals surface area contributed by atoms with Gasteiger partial charge in [0.05, 0.1) is 5.69 Å². The summed E-state index contributed by atoms with van der Waals surface area (Å²) in [6.45, 7) is 3.25. The van der Waals surface area contributed by atoms with Crippen LogP contribution in [0.5, 0.6) is 0 Å². The zero-order valence-electron chi connectivity index (χ0n) is 10.1. The van der Waals surface area contributed by atoms with Crippen LogP contribution in [0.15, 0.2) is 10.8 Å². The summed E-state index contributed by atoms with van der Waals surface area (Å²) in [6.07, 6.45) is 1.59. The van der Waals surface area contributed by atoms with Crippen LogP contribution in [0.25, 0.3) is 0 Å². The van der Waals surface area contributed by atoms with Gasteiger partial charge in [-0.2, -0.15) is 0 Å². The van der Waals surface area contributed by atoms with Gasteiger partial charge in [-0.3, -0.25) is 19.7 Å². The number of imide groups is 1. The SMILES string of the molecule is CCC1C(=O)NC(=O)CN1C(=O)c1ocnc1C. The average Bonchev–Trinajstić information content (AvgIpc) is 2.73. The lowest BCUT2D eigenvalue weighted by Crippen LogP contribution is -2.59. The molecule has 0 aromatic carbocycles. The Bertz CT molecular complexity index is 508. The molecule has 7 nitrogen and oxygen atoms in total. The van der Waals surface area contributed by atoms with E-state index in [-0.39, 0.29) is 12.3 Å². The summed E-state index contributed by atoms with van der Waals surface area (Å²) >= 11 is 0. The number of piperazine rings is 1. The van der Waals surface area contributed by atoms with Crippen LogP contribution in [0.2, 0.25) is 0 Å². The van der Waals surface area contributed by atoms with Crippen LogP contribution in [0.1, 0.15) is 29.6 Å². The Morgan fingerprint density at radius 1 is 1.61 bits per heavy atom. The first kappa shape index (κ1) is 12.3. The summed E-state index contributed by atoms with van der Waals surface area (Å²) in [5.41, 5.74) is 0.438. The van der Waals surface area contributed by atoms with Gasteiger partial charge in [0.1, 0.15) is 12.6 Å². The lowest BCUT2D eigenvalue weighted by molar-refractivity contribution is -0.138. The maximum absolute atomic E-state index is 12.2. The van der Waals surface area contributed by atoms with Crippen molar-refractivity contribution in [2.75, 3.05) is 6.54 Å². The zero-order valence-corrected chi connectivity index (χ0v) is 10.1. The Morgan fingerprint density at radius 2 is 2.33 bits per heavy atom. The van der Waals surface area contributed by atoms with Gasteiger partial charge in [0.25, 0.3) is 5.91 Å². The van der Waals surface area contributed by atoms with Gasteiger partial charge in [-0.25, -0.2) is 4.98 Å². The number of aryl methyl sites for hydroxylation is 1. The molecule has 1 fully saturated rings. The highest BCUT2D eigenvalue weighted by Crippen LogP contribution is 2.15. The molecule has 96 valence electrons. The van der Waals surface area contributed by atoms with E-state index < -0.39 is 23.8 Å². The predicted molar refractivity (Wildman–Crippen MR) is 59.5 cm³/mol. The molecule has 1 aromatic heterocycles. The third-order valence-electron chi connectivity index (χ3n) is 2.84. The molecule has 0 aliphatic carbocycles. The quantitative estimate of drug-likeness (QED) is 0.738. The van der Waals surface area contributed by atoms with Crippen molar-refractivity contribution in [2.45, 2.75) is 26.3 Å². The van der Waals surface area contributed by atoms with Crippen molar-refractivity contribution in [3.05, 3.63) is 17.8 Å². The maximum Gasteiger partial charge on any atom is 0.292 e. The highest BCUT2D eigenvalue weighted by Gasteiger charge is 2.37. The summed E-state index contributed by atoms with van der Waals surface area (Å²) in [5, 5.41) is 2.21. The highest BCUT2D eigenvalue weighted by atomic mass is 16.3. The Morgan fingerprint density at radius 3 is 2.89 bits per heavy atom. The molecule has 1 aromatic rings. The van der Waals surface area contributed by atoms with E-state index in [0.29, 0.717) is 12.1 Å². The molecule has 3 amide bonds. The molecule has 0 spiro atoms. The predicted octanol–water partition coefficient (Wildman–Crippen LogP) is -0.140. The summed E-state index contributed by atoms with van der Waals surface area (Å²) in [5.74, 6) is -1.37. The van der Waals surface area contributed by atoms with E-state index in [0.717, 1.165) is 6.39 Å². The maximum atomic E-state index is 12.2. The van der Waals surface area contributed by atoms with E-state index >= 15 is 0 Å². The van der Waals surface area contributed by atoms with Crippen LogP contribution in [0, 0.1) is 6.92 Å². The first-order valence-corrected chi connectivity index (χ1v) is 5.59. The number of nitrogens with zero attached hydrogens (tertiary/aromatic N) is 2. The molecular weight excluding hydrogens is 238 g/mol. The normalized spacial score (nSPS) is 19.9. The minimum absolute atomic E-state index is 0.0657. The van der Waals surface area contributed by atoms with Crippen molar-refractivity contribution < 1.29 is 18.8 Å². The number of carbonyl (C=O) groups excluding carboxylic acids is 3. The van der Waals surface area contributed by atoms with E-state index in [1.165, 1.54) is 4.90 Å². The minimum Gasteiger partial charge on any atom is -0.438 e. The van der Waals surface area contributed by atoms with Crippen LogP contribution in [0.4, 0.5) is 0 Å². The van der Waals surface area contributed by atoms with Crippen molar-refractivity contribution in [1.82, 2.24) is 15.2 Å². The standard InChI is InChI=1S/C11H13N3O4/c1-3-7-10(16)13-8(15)4-14(7)11(17)9-6(2)12-5-18-9/h5,7H,3-4H2,1-2H3,(H,13,15,16). The van der Waals surface area contributed by atoms with Crippen LogP contribution < -0.4 is 5.32 Å².